The fraction of sp³-hybridized carbons (Fsp3) is 0.526. The highest BCUT2D eigenvalue weighted by atomic mass is 127. The number of pyridine rings is 1. The van der Waals surface area contributed by atoms with E-state index >= 15 is 0 Å². The van der Waals surface area contributed by atoms with Crippen molar-refractivity contribution in [3.63, 3.8) is 0 Å². The lowest BCUT2D eigenvalue weighted by Crippen LogP contribution is -2.44. The fourth-order valence-corrected chi connectivity index (χ4v) is 3.18. The molecule has 6 nitrogen and oxygen atoms in total. The topological polar surface area (TPSA) is 67.1 Å². The second-order valence-electron chi connectivity index (χ2n) is 6.77. The Morgan fingerprint density at radius 1 is 1.27 bits per heavy atom. The summed E-state index contributed by atoms with van der Waals surface area (Å²) in [7, 11) is 0. The van der Waals surface area contributed by atoms with E-state index in [-0.39, 0.29) is 24.0 Å². The van der Waals surface area contributed by atoms with Crippen LogP contribution in [0.15, 0.2) is 41.8 Å². The summed E-state index contributed by atoms with van der Waals surface area (Å²) >= 11 is 0. The van der Waals surface area contributed by atoms with Crippen molar-refractivity contribution < 1.29 is 0 Å². The van der Waals surface area contributed by atoms with Crippen LogP contribution in [-0.2, 0) is 6.54 Å². The Bertz CT molecular complexity index is 677. The van der Waals surface area contributed by atoms with Gasteiger partial charge in [-0.2, -0.15) is 5.10 Å². The van der Waals surface area contributed by atoms with Gasteiger partial charge in [-0.25, -0.2) is 14.7 Å². The molecule has 7 heteroatoms. The average molecular weight is 468 g/mol. The number of nitrogens with zero attached hydrogens (tertiary/aromatic N) is 4. The minimum Gasteiger partial charge on any atom is -0.357 e. The van der Waals surface area contributed by atoms with E-state index in [1.165, 1.54) is 25.7 Å². The minimum absolute atomic E-state index is 0. The number of rotatable bonds is 5. The predicted octanol–water partition coefficient (Wildman–Crippen LogP) is 3.52. The lowest BCUT2D eigenvalue weighted by Gasteiger charge is -2.28. The minimum atomic E-state index is 0. The third-order valence-electron chi connectivity index (χ3n) is 4.67. The summed E-state index contributed by atoms with van der Waals surface area (Å²) in [5.74, 6) is 2.58. The summed E-state index contributed by atoms with van der Waals surface area (Å²) in [6.07, 6.45) is 10.5. The van der Waals surface area contributed by atoms with Gasteiger partial charge in [0.05, 0.1) is 6.54 Å². The molecule has 1 aliphatic rings. The molecule has 1 saturated carbocycles. The summed E-state index contributed by atoms with van der Waals surface area (Å²) in [5.41, 5.74) is 1.12. The van der Waals surface area contributed by atoms with Crippen LogP contribution in [0.3, 0.4) is 0 Å². The van der Waals surface area contributed by atoms with Crippen LogP contribution in [0, 0.1) is 5.92 Å². The standard InChI is InChI=1S/C19H28N6.HI/c1-3-20-19(24-17-7-5-15(2)6-8-17)22-14-16-9-11-21-18(13-16)25-12-4-10-23-25;/h4,9-13,15,17H,3,5-8,14H2,1-2H3,(H2,20,22,24);1H. The van der Waals surface area contributed by atoms with Crippen LogP contribution in [0.4, 0.5) is 0 Å². The highest BCUT2D eigenvalue weighted by molar-refractivity contribution is 14.0. The maximum absolute atomic E-state index is 4.76. The van der Waals surface area contributed by atoms with E-state index < -0.39 is 0 Å². The zero-order valence-corrected chi connectivity index (χ0v) is 17.9. The zero-order chi connectivity index (χ0) is 17.5. The maximum atomic E-state index is 4.76. The lowest BCUT2D eigenvalue weighted by atomic mass is 9.87. The van der Waals surface area contributed by atoms with Crippen LogP contribution in [0.1, 0.15) is 45.1 Å². The normalized spacial score (nSPS) is 20.3. The van der Waals surface area contributed by atoms with E-state index in [1.807, 2.05) is 30.6 Å². The van der Waals surface area contributed by atoms with E-state index in [9.17, 15) is 0 Å². The Labute approximate surface area is 172 Å². The van der Waals surface area contributed by atoms with Crippen molar-refractivity contribution in [3.8, 4) is 5.82 Å². The van der Waals surface area contributed by atoms with Crippen LogP contribution in [0.25, 0.3) is 5.82 Å². The fourth-order valence-electron chi connectivity index (χ4n) is 3.18. The van der Waals surface area contributed by atoms with Gasteiger partial charge >= 0.3 is 0 Å². The van der Waals surface area contributed by atoms with Crippen LogP contribution >= 0.6 is 24.0 Å². The van der Waals surface area contributed by atoms with Crippen molar-refractivity contribution in [1.29, 1.82) is 0 Å². The molecule has 0 spiro atoms. The van der Waals surface area contributed by atoms with Crippen LogP contribution in [-0.4, -0.2) is 33.3 Å². The van der Waals surface area contributed by atoms with Crippen molar-refractivity contribution in [2.45, 2.75) is 52.1 Å². The van der Waals surface area contributed by atoms with E-state index in [0.717, 1.165) is 29.8 Å². The van der Waals surface area contributed by atoms with Crippen molar-refractivity contribution in [2.75, 3.05) is 6.54 Å². The molecule has 0 atom stereocenters. The average Bonchev–Trinajstić information content (AvgIpc) is 3.17. The zero-order valence-electron chi connectivity index (χ0n) is 15.6. The molecule has 1 fully saturated rings. The first-order chi connectivity index (χ1) is 12.2. The van der Waals surface area contributed by atoms with E-state index in [4.69, 9.17) is 4.99 Å². The van der Waals surface area contributed by atoms with Gasteiger partial charge in [0.1, 0.15) is 0 Å². The first kappa shape index (κ1) is 20.7. The number of hydrogen-bond donors (Lipinski definition) is 2. The molecule has 1 aliphatic carbocycles. The number of halogens is 1. The van der Waals surface area contributed by atoms with E-state index in [1.54, 1.807) is 10.9 Å². The Morgan fingerprint density at radius 2 is 2.08 bits per heavy atom. The number of hydrogen-bond acceptors (Lipinski definition) is 3. The summed E-state index contributed by atoms with van der Waals surface area (Å²) in [6, 6.07) is 6.46. The van der Waals surface area contributed by atoms with Crippen LogP contribution < -0.4 is 10.6 Å². The highest BCUT2D eigenvalue weighted by Crippen LogP contribution is 2.23. The number of nitrogens with one attached hydrogen (secondary N) is 2. The van der Waals surface area contributed by atoms with Crippen molar-refractivity contribution in [1.82, 2.24) is 25.4 Å². The third-order valence-corrected chi connectivity index (χ3v) is 4.67. The SMILES string of the molecule is CCNC(=NCc1ccnc(-n2cccn2)c1)NC1CCC(C)CC1.I. The van der Waals surface area contributed by atoms with Crippen LogP contribution in [0.5, 0.6) is 0 Å². The molecule has 0 aliphatic heterocycles. The van der Waals surface area contributed by atoms with Crippen molar-refractivity contribution in [2.24, 2.45) is 10.9 Å². The molecule has 0 saturated heterocycles. The lowest BCUT2D eigenvalue weighted by molar-refractivity contribution is 0.329. The first-order valence-corrected chi connectivity index (χ1v) is 9.24. The maximum Gasteiger partial charge on any atom is 0.191 e. The largest absolute Gasteiger partial charge is 0.357 e. The summed E-state index contributed by atoms with van der Waals surface area (Å²) in [6.45, 7) is 5.93. The predicted molar refractivity (Wildman–Crippen MR) is 116 cm³/mol. The van der Waals surface area contributed by atoms with Gasteiger partial charge in [0.15, 0.2) is 11.8 Å². The Balaban J connectivity index is 0.00000243. The summed E-state index contributed by atoms with van der Waals surface area (Å²) in [4.78, 5) is 9.12. The molecule has 0 radical (unpaired) electrons. The van der Waals surface area contributed by atoms with Gasteiger partial charge in [-0.3, -0.25) is 0 Å². The Hall–Kier alpha value is -1.64. The van der Waals surface area contributed by atoms with Gasteiger partial charge in [0.2, 0.25) is 0 Å². The molecule has 2 aromatic heterocycles. The summed E-state index contributed by atoms with van der Waals surface area (Å²) < 4.78 is 1.76. The quantitative estimate of drug-likeness (QED) is 0.401. The molecule has 26 heavy (non-hydrogen) atoms. The molecular formula is C19H29IN6. The molecule has 3 rings (SSSR count). The van der Waals surface area contributed by atoms with Gasteiger partial charge in [-0.05, 0) is 62.3 Å². The molecule has 2 heterocycles. The number of guanidine groups is 1. The second-order valence-corrected chi connectivity index (χ2v) is 6.77. The smallest absolute Gasteiger partial charge is 0.191 e. The van der Waals surface area contributed by atoms with Crippen molar-refractivity contribution >= 4 is 29.9 Å². The molecule has 0 unspecified atom stereocenters. The molecule has 0 aromatic carbocycles. The number of aliphatic imine (C=N–C) groups is 1. The molecule has 0 bridgehead atoms. The molecular weight excluding hydrogens is 439 g/mol. The molecule has 2 aromatic rings. The van der Waals surface area contributed by atoms with Gasteiger partial charge in [-0.1, -0.05) is 6.92 Å². The van der Waals surface area contributed by atoms with Crippen LogP contribution in [0.2, 0.25) is 0 Å². The first-order valence-electron chi connectivity index (χ1n) is 9.24. The Morgan fingerprint density at radius 3 is 2.77 bits per heavy atom. The van der Waals surface area contributed by atoms with Gasteiger partial charge in [0, 0.05) is 31.2 Å². The van der Waals surface area contributed by atoms with E-state index in [2.05, 4.69) is 34.6 Å². The number of aromatic nitrogens is 3. The monoisotopic (exact) mass is 468 g/mol. The molecule has 0 amide bonds. The molecule has 142 valence electrons. The second kappa shape index (κ2) is 10.5. The van der Waals surface area contributed by atoms with Gasteiger partial charge < -0.3 is 10.6 Å². The van der Waals surface area contributed by atoms with E-state index in [0.29, 0.717) is 12.6 Å². The van der Waals surface area contributed by atoms with Gasteiger partial charge in [-0.15, -0.1) is 24.0 Å². The Kier molecular flexibility index (Phi) is 8.34. The van der Waals surface area contributed by atoms with Gasteiger partial charge in [0.25, 0.3) is 0 Å². The third kappa shape index (κ3) is 5.96. The van der Waals surface area contributed by atoms with Crippen molar-refractivity contribution in [3.05, 3.63) is 42.4 Å². The summed E-state index contributed by atoms with van der Waals surface area (Å²) in [5, 5.41) is 11.2. The molecule has 2 N–H and O–H groups in total. The highest BCUT2D eigenvalue weighted by Gasteiger charge is 2.18.